The van der Waals surface area contributed by atoms with Gasteiger partial charge in [0.25, 0.3) is 5.91 Å². The summed E-state index contributed by atoms with van der Waals surface area (Å²) in [5, 5.41) is 6.54. The molecule has 1 saturated heterocycles. The molecule has 3 rings (SSSR count). The summed E-state index contributed by atoms with van der Waals surface area (Å²) in [5.74, 6) is 1.79. The fraction of sp³-hybridized carbons (Fsp3) is 0.450. The molecule has 7 nitrogen and oxygen atoms in total. The number of hydrogen-bond acceptors (Lipinski definition) is 6. The molecule has 1 aliphatic rings. The third kappa shape index (κ3) is 5.25. The average molecular weight is 404 g/mol. The van der Waals surface area contributed by atoms with Gasteiger partial charge in [-0.15, -0.1) is 0 Å². The topological polar surface area (TPSA) is 79.4 Å². The molecule has 1 aromatic heterocycles. The first-order chi connectivity index (χ1) is 13.6. The second kappa shape index (κ2) is 9.59. The minimum atomic E-state index is -0.236. The number of nitrogens with one attached hydrogen (secondary N) is 2. The van der Waals surface area contributed by atoms with E-state index in [0.29, 0.717) is 35.4 Å². The molecule has 8 heteroatoms. The van der Waals surface area contributed by atoms with Gasteiger partial charge < -0.3 is 20.3 Å². The summed E-state index contributed by atoms with van der Waals surface area (Å²) in [5.41, 5.74) is 1.33. The first kappa shape index (κ1) is 20.2. The van der Waals surface area contributed by atoms with E-state index in [1.54, 1.807) is 18.2 Å². The molecule has 0 aliphatic carbocycles. The molecule has 2 N–H and O–H groups in total. The van der Waals surface area contributed by atoms with Crippen molar-refractivity contribution in [2.75, 3.05) is 43.5 Å². The van der Waals surface area contributed by atoms with E-state index in [2.05, 4.69) is 25.5 Å². The van der Waals surface area contributed by atoms with Crippen LogP contribution in [0, 0.1) is 6.92 Å². The number of hydrogen-bond donors (Lipinski definition) is 2. The normalized spacial score (nSPS) is 13.9. The Labute approximate surface area is 170 Å². The van der Waals surface area contributed by atoms with Gasteiger partial charge in [-0.05, 0) is 44.4 Å². The van der Waals surface area contributed by atoms with Gasteiger partial charge in [0.05, 0.1) is 12.7 Å². The van der Waals surface area contributed by atoms with Gasteiger partial charge >= 0.3 is 0 Å². The Bertz CT molecular complexity index is 824. The van der Waals surface area contributed by atoms with Crippen molar-refractivity contribution in [2.24, 2.45) is 0 Å². The first-order valence-electron chi connectivity index (χ1n) is 9.53. The summed E-state index contributed by atoms with van der Waals surface area (Å²) in [7, 11) is 1.52. The second-order valence-electron chi connectivity index (χ2n) is 6.77. The highest BCUT2D eigenvalue weighted by atomic mass is 35.5. The molecule has 1 aromatic carbocycles. The molecule has 0 radical (unpaired) electrons. The molecule has 28 heavy (non-hydrogen) atoms. The Morgan fingerprint density at radius 3 is 2.71 bits per heavy atom. The number of amides is 1. The Kier molecular flexibility index (Phi) is 6.92. The zero-order valence-corrected chi connectivity index (χ0v) is 17.1. The highest BCUT2D eigenvalue weighted by molar-refractivity contribution is 6.31. The van der Waals surface area contributed by atoms with Gasteiger partial charge in [-0.3, -0.25) is 4.79 Å². The maximum Gasteiger partial charge on any atom is 0.255 e. The van der Waals surface area contributed by atoms with Crippen molar-refractivity contribution in [2.45, 2.75) is 26.2 Å². The minimum absolute atomic E-state index is 0.236. The van der Waals surface area contributed by atoms with Gasteiger partial charge in [-0.1, -0.05) is 11.6 Å². The van der Waals surface area contributed by atoms with E-state index >= 15 is 0 Å². The number of carbonyl (C=O) groups is 1. The van der Waals surface area contributed by atoms with Gasteiger partial charge in [0.15, 0.2) is 0 Å². The summed E-state index contributed by atoms with van der Waals surface area (Å²) >= 11 is 5.98. The van der Waals surface area contributed by atoms with Crippen molar-refractivity contribution in [3.8, 4) is 5.75 Å². The fourth-order valence-corrected chi connectivity index (χ4v) is 3.39. The quantitative estimate of drug-likeness (QED) is 0.690. The van der Waals surface area contributed by atoms with Crippen LogP contribution in [-0.2, 0) is 0 Å². The third-order valence-corrected chi connectivity index (χ3v) is 4.86. The summed E-state index contributed by atoms with van der Waals surface area (Å²) in [6, 6.07) is 6.98. The van der Waals surface area contributed by atoms with Crippen LogP contribution in [0.5, 0.6) is 5.75 Å². The van der Waals surface area contributed by atoms with E-state index < -0.39 is 0 Å². The third-order valence-electron chi connectivity index (χ3n) is 4.62. The van der Waals surface area contributed by atoms with Crippen LogP contribution in [0.15, 0.2) is 24.3 Å². The van der Waals surface area contributed by atoms with E-state index in [1.807, 2.05) is 13.0 Å². The van der Waals surface area contributed by atoms with Gasteiger partial charge in [0, 0.05) is 43.0 Å². The number of piperidine rings is 1. The molecule has 0 bridgehead atoms. The summed E-state index contributed by atoms with van der Waals surface area (Å²) in [6.45, 7) is 4.97. The van der Waals surface area contributed by atoms with Crippen molar-refractivity contribution < 1.29 is 9.53 Å². The summed E-state index contributed by atoms with van der Waals surface area (Å²) < 4.78 is 5.22. The standard InChI is InChI=1S/C20H26ClN5O2/c1-14-12-18(26-10-4-3-5-11-26)25-20(24-14)23-9-8-22-19(27)16-13-15(21)6-7-17(16)28-2/h6-7,12-13H,3-5,8-11H2,1-2H3,(H,22,27)(H,23,24,25). The zero-order valence-electron chi connectivity index (χ0n) is 16.3. The monoisotopic (exact) mass is 403 g/mol. The van der Waals surface area contributed by atoms with E-state index in [0.717, 1.165) is 24.6 Å². The Hall–Kier alpha value is -2.54. The lowest BCUT2D eigenvalue weighted by Gasteiger charge is -2.28. The number of aryl methyl sites for hydroxylation is 1. The van der Waals surface area contributed by atoms with Gasteiger partial charge in [0.1, 0.15) is 11.6 Å². The molecule has 0 atom stereocenters. The molecular formula is C20H26ClN5O2. The van der Waals surface area contributed by atoms with E-state index in [4.69, 9.17) is 16.3 Å². The van der Waals surface area contributed by atoms with Gasteiger partial charge in [-0.25, -0.2) is 4.98 Å². The predicted octanol–water partition coefficient (Wildman–Crippen LogP) is 3.28. The van der Waals surface area contributed by atoms with E-state index in [9.17, 15) is 4.79 Å². The van der Waals surface area contributed by atoms with E-state index in [-0.39, 0.29) is 5.91 Å². The van der Waals surface area contributed by atoms with Crippen LogP contribution in [0.3, 0.4) is 0 Å². The number of carbonyl (C=O) groups excluding carboxylic acids is 1. The zero-order chi connectivity index (χ0) is 19.9. The van der Waals surface area contributed by atoms with Crippen molar-refractivity contribution in [1.29, 1.82) is 0 Å². The number of nitrogens with zero attached hydrogens (tertiary/aromatic N) is 3. The SMILES string of the molecule is COc1ccc(Cl)cc1C(=O)NCCNc1nc(C)cc(N2CCCCC2)n1. The molecule has 1 aliphatic heterocycles. The van der Waals surface area contributed by atoms with Gasteiger partial charge in [0.2, 0.25) is 5.95 Å². The number of rotatable bonds is 7. The molecule has 1 amide bonds. The fourth-order valence-electron chi connectivity index (χ4n) is 3.22. The summed E-state index contributed by atoms with van der Waals surface area (Å²) in [6.07, 6.45) is 3.68. The molecule has 0 spiro atoms. The maximum atomic E-state index is 12.4. The van der Waals surface area contributed by atoms with Crippen molar-refractivity contribution in [1.82, 2.24) is 15.3 Å². The highest BCUT2D eigenvalue weighted by Gasteiger charge is 2.14. The number of ether oxygens (including phenoxy) is 1. The van der Waals surface area contributed by atoms with Crippen molar-refractivity contribution in [3.05, 3.63) is 40.5 Å². The van der Waals surface area contributed by atoms with Crippen molar-refractivity contribution in [3.63, 3.8) is 0 Å². The minimum Gasteiger partial charge on any atom is -0.496 e. The smallest absolute Gasteiger partial charge is 0.255 e. The average Bonchev–Trinajstić information content (AvgIpc) is 2.71. The van der Waals surface area contributed by atoms with Crippen LogP contribution in [0.4, 0.5) is 11.8 Å². The second-order valence-corrected chi connectivity index (χ2v) is 7.20. The number of aromatic nitrogens is 2. The Morgan fingerprint density at radius 1 is 1.18 bits per heavy atom. The van der Waals surface area contributed by atoms with Crippen LogP contribution in [0.25, 0.3) is 0 Å². The Morgan fingerprint density at radius 2 is 1.96 bits per heavy atom. The van der Waals surface area contributed by atoms with Crippen LogP contribution >= 0.6 is 11.6 Å². The number of anilines is 2. The predicted molar refractivity (Wildman–Crippen MR) is 112 cm³/mol. The molecule has 0 saturated carbocycles. The highest BCUT2D eigenvalue weighted by Crippen LogP contribution is 2.22. The molecule has 2 aromatic rings. The van der Waals surface area contributed by atoms with Gasteiger partial charge in [-0.2, -0.15) is 4.98 Å². The largest absolute Gasteiger partial charge is 0.496 e. The van der Waals surface area contributed by atoms with E-state index in [1.165, 1.54) is 26.4 Å². The molecule has 1 fully saturated rings. The molecule has 0 unspecified atom stereocenters. The lowest BCUT2D eigenvalue weighted by molar-refractivity contribution is 0.0952. The number of benzene rings is 1. The molecule has 2 heterocycles. The number of methoxy groups -OCH3 is 1. The number of halogens is 1. The van der Waals surface area contributed by atoms with Crippen LogP contribution < -0.4 is 20.3 Å². The first-order valence-corrected chi connectivity index (χ1v) is 9.91. The maximum absolute atomic E-state index is 12.4. The Balaban J connectivity index is 1.54. The molecule has 150 valence electrons. The van der Waals surface area contributed by atoms with Crippen molar-refractivity contribution >= 4 is 29.3 Å². The lowest BCUT2D eigenvalue weighted by Crippen LogP contribution is -2.31. The van der Waals surface area contributed by atoms with Crippen LogP contribution in [0.2, 0.25) is 5.02 Å². The molecular weight excluding hydrogens is 378 g/mol. The lowest BCUT2D eigenvalue weighted by atomic mass is 10.1. The van der Waals surface area contributed by atoms with Crippen LogP contribution in [-0.4, -0.2) is 49.2 Å². The summed E-state index contributed by atoms with van der Waals surface area (Å²) in [4.78, 5) is 23.8. The van der Waals surface area contributed by atoms with Crippen LogP contribution in [0.1, 0.15) is 35.3 Å².